The third-order valence-electron chi connectivity index (χ3n) is 3.64. The van der Waals surface area contributed by atoms with Crippen molar-refractivity contribution in [2.24, 2.45) is 0 Å². The number of halogens is 1. The summed E-state index contributed by atoms with van der Waals surface area (Å²) in [7, 11) is -3.30. The molecule has 4 nitrogen and oxygen atoms in total. The number of nitrogens with zero attached hydrogens (tertiary/aromatic N) is 1. The van der Waals surface area contributed by atoms with Crippen molar-refractivity contribution in [3.63, 3.8) is 0 Å². The molecular formula is C16H14ClNO3S. The van der Waals surface area contributed by atoms with E-state index in [-0.39, 0.29) is 29.5 Å². The number of amides is 1. The molecule has 0 bridgehead atoms. The Hall–Kier alpha value is -1.85. The van der Waals surface area contributed by atoms with E-state index < -0.39 is 9.84 Å². The Morgan fingerprint density at radius 3 is 2.50 bits per heavy atom. The van der Waals surface area contributed by atoms with E-state index in [1.807, 2.05) is 0 Å². The summed E-state index contributed by atoms with van der Waals surface area (Å²) in [6.07, 6.45) is 0.214. The second kappa shape index (κ2) is 5.74. The zero-order chi connectivity index (χ0) is 15.7. The highest BCUT2D eigenvalue weighted by atomic mass is 35.5. The minimum Gasteiger partial charge on any atom is -0.310 e. The van der Waals surface area contributed by atoms with Gasteiger partial charge < -0.3 is 4.90 Å². The first-order valence-electron chi connectivity index (χ1n) is 6.84. The third-order valence-corrected chi connectivity index (χ3v) is 5.63. The fraction of sp³-hybridized carbons (Fsp3) is 0.188. The molecule has 2 aromatic carbocycles. The molecule has 1 amide bonds. The molecule has 0 atom stereocenters. The summed E-state index contributed by atoms with van der Waals surface area (Å²) in [5, 5.41) is 0.616. The highest BCUT2D eigenvalue weighted by Gasteiger charge is 2.30. The minimum absolute atomic E-state index is 0.0453. The monoisotopic (exact) mass is 335 g/mol. The Kier molecular flexibility index (Phi) is 3.93. The van der Waals surface area contributed by atoms with Gasteiger partial charge in [0, 0.05) is 11.6 Å². The first-order chi connectivity index (χ1) is 10.5. The van der Waals surface area contributed by atoms with Crippen molar-refractivity contribution in [1.82, 2.24) is 0 Å². The number of rotatable bonds is 2. The topological polar surface area (TPSA) is 54.5 Å². The molecule has 3 rings (SSSR count). The van der Waals surface area contributed by atoms with Crippen LogP contribution in [0.5, 0.6) is 0 Å². The Morgan fingerprint density at radius 1 is 1.09 bits per heavy atom. The Balaban J connectivity index is 1.89. The van der Waals surface area contributed by atoms with Gasteiger partial charge in [0.15, 0.2) is 9.84 Å². The maximum Gasteiger partial charge on any atom is 0.231 e. The standard InChI is InChI=1S/C16H14ClNO3S/c17-13-7-5-12(6-8-13)11-16(19)18-9-10-22(20,21)15-4-2-1-3-14(15)18/h1-8H,9-11H2. The highest BCUT2D eigenvalue weighted by Crippen LogP contribution is 2.30. The Morgan fingerprint density at radius 2 is 1.77 bits per heavy atom. The van der Waals surface area contributed by atoms with Gasteiger partial charge in [-0.1, -0.05) is 35.9 Å². The van der Waals surface area contributed by atoms with Gasteiger partial charge in [-0.25, -0.2) is 8.42 Å². The van der Waals surface area contributed by atoms with Gasteiger partial charge in [-0.3, -0.25) is 4.79 Å². The maximum atomic E-state index is 12.5. The number of hydrogen-bond acceptors (Lipinski definition) is 3. The number of carbonyl (C=O) groups excluding carboxylic acids is 1. The van der Waals surface area contributed by atoms with Crippen molar-refractivity contribution in [1.29, 1.82) is 0 Å². The molecule has 0 aromatic heterocycles. The second-order valence-corrected chi connectivity index (χ2v) is 7.65. The molecule has 0 N–H and O–H groups in total. The molecule has 6 heteroatoms. The van der Waals surface area contributed by atoms with E-state index >= 15 is 0 Å². The fourth-order valence-corrected chi connectivity index (χ4v) is 4.07. The van der Waals surface area contributed by atoms with Gasteiger partial charge in [-0.05, 0) is 29.8 Å². The molecule has 0 radical (unpaired) electrons. The van der Waals surface area contributed by atoms with Crippen molar-refractivity contribution in [2.75, 3.05) is 17.2 Å². The van der Waals surface area contributed by atoms with Crippen molar-refractivity contribution in [2.45, 2.75) is 11.3 Å². The normalized spacial score (nSPS) is 16.1. The summed E-state index contributed by atoms with van der Waals surface area (Å²) < 4.78 is 24.2. The average Bonchev–Trinajstić information content (AvgIpc) is 2.50. The summed E-state index contributed by atoms with van der Waals surface area (Å²) in [5.41, 5.74) is 1.31. The summed E-state index contributed by atoms with van der Waals surface area (Å²) >= 11 is 5.83. The Bertz CT molecular complexity index is 816. The lowest BCUT2D eigenvalue weighted by Gasteiger charge is -2.29. The first kappa shape index (κ1) is 15.1. The Labute approximate surface area is 134 Å². The van der Waals surface area contributed by atoms with Crippen LogP contribution in [-0.4, -0.2) is 26.6 Å². The fourth-order valence-electron chi connectivity index (χ4n) is 2.52. The smallest absolute Gasteiger partial charge is 0.231 e. The SMILES string of the molecule is O=C(Cc1ccc(Cl)cc1)N1CCS(=O)(=O)c2ccccc21. The lowest BCUT2D eigenvalue weighted by molar-refractivity contribution is -0.118. The van der Waals surface area contributed by atoms with Crippen LogP contribution in [0, 0.1) is 0 Å². The molecule has 0 aliphatic carbocycles. The molecule has 1 heterocycles. The van der Waals surface area contributed by atoms with Crippen molar-refractivity contribution < 1.29 is 13.2 Å². The first-order valence-corrected chi connectivity index (χ1v) is 8.87. The van der Waals surface area contributed by atoms with E-state index in [2.05, 4.69) is 0 Å². The lowest BCUT2D eigenvalue weighted by Crippen LogP contribution is -2.40. The van der Waals surface area contributed by atoms with Gasteiger partial charge in [-0.2, -0.15) is 0 Å². The zero-order valence-electron chi connectivity index (χ0n) is 11.7. The van der Waals surface area contributed by atoms with Crippen LogP contribution in [-0.2, 0) is 21.1 Å². The molecule has 114 valence electrons. The summed E-state index contributed by atoms with van der Waals surface area (Å²) in [4.78, 5) is 14.3. The summed E-state index contributed by atoms with van der Waals surface area (Å²) in [6, 6.07) is 13.7. The molecule has 0 spiro atoms. The van der Waals surface area contributed by atoms with Gasteiger partial charge in [0.1, 0.15) is 0 Å². The third kappa shape index (κ3) is 2.87. The van der Waals surface area contributed by atoms with Crippen LogP contribution in [0.3, 0.4) is 0 Å². The summed E-state index contributed by atoms with van der Waals surface area (Å²) in [6.45, 7) is 0.186. The van der Waals surface area contributed by atoms with E-state index in [9.17, 15) is 13.2 Å². The van der Waals surface area contributed by atoms with Crippen LogP contribution in [0.4, 0.5) is 5.69 Å². The number of fused-ring (bicyclic) bond motifs is 1. The molecule has 22 heavy (non-hydrogen) atoms. The van der Waals surface area contributed by atoms with Crippen LogP contribution < -0.4 is 4.90 Å². The molecule has 2 aromatic rings. The van der Waals surface area contributed by atoms with Gasteiger partial charge in [-0.15, -0.1) is 0 Å². The van der Waals surface area contributed by atoms with Gasteiger partial charge in [0.05, 0.1) is 22.8 Å². The largest absolute Gasteiger partial charge is 0.310 e. The number of para-hydroxylation sites is 1. The average molecular weight is 336 g/mol. The molecular weight excluding hydrogens is 322 g/mol. The number of sulfone groups is 1. The zero-order valence-corrected chi connectivity index (χ0v) is 13.3. The molecule has 0 saturated heterocycles. The van der Waals surface area contributed by atoms with Crippen LogP contribution in [0.1, 0.15) is 5.56 Å². The summed E-state index contributed by atoms with van der Waals surface area (Å²) in [5.74, 6) is -0.166. The molecule has 1 aliphatic heterocycles. The van der Waals surface area contributed by atoms with Crippen molar-refractivity contribution >= 4 is 33.0 Å². The van der Waals surface area contributed by atoms with Crippen molar-refractivity contribution in [3.8, 4) is 0 Å². The van der Waals surface area contributed by atoms with Crippen LogP contribution in [0.2, 0.25) is 5.02 Å². The predicted octanol–water partition coefficient (Wildman–Crippen LogP) is 2.70. The van der Waals surface area contributed by atoms with Crippen LogP contribution in [0.25, 0.3) is 0 Å². The van der Waals surface area contributed by atoms with Gasteiger partial charge in [0.25, 0.3) is 0 Å². The van der Waals surface area contributed by atoms with Crippen molar-refractivity contribution in [3.05, 3.63) is 59.1 Å². The van der Waals surface area contributed by atoms with Crippen LogP contribution >= 0.6 is 11.6 Å². The van der Waals surface area contributed by atoms with Gasteiger partial charge >= 0.3 is 0 Å². The molecule has 0 saturated carbocycles. The molecule has 1 aliphatic rings. The maximum absolute atomic E-state index is 12.5. The molecule has 0 fully saturated rings. The minimum atomic E-state index is -3.30. The number of anilines is 1. The predicted molar refractivity (Wildman–Crippen MR) is 86.0 cm³/mol. The number of hydrogen-bond donors (Lipinski definition) is 0. The number of benzene rings is 2. The van der Waals surface area contributed by atoms with E-state index in [4.69, 9.17) is 11.6 Å². The lowest BCUT2D eigenvalue weighted by atomic mass is 10.1. The van der Waals surface area contributed by atoms with E-state index in [1.165, 1.54) is 0 Å². The quantitative estimate of drug-likeness (QED) is 0.848. The highest BCUT2D eigenvalue weighted by molar-refractivity contribution is 7.91. The number of carbonyl (C=O) groups is 1. The van der Waals surface area contributed by atoms with Gasteiger partial charge in [0.2, 0.25) is 5.91 Å². The molecule has 0 unspecified atom stereocenters. The van der Waals surface area contributed by atoms with E-state index in [0.717, 1.165) is 5.56 Å². The second-order valence-electron chi connectivity index (χ2n) is 5.14. The van der Waals surface area contributed by atoms with Crippen LogP contribution in [0.15, 0.2) is 53.4 Å². The van der Waals surface area contributed by atoms with E-state index in [0.29, 0.717) is 10.7 Å². The van der Waals surface area contributed by atoms with E-state index in [1.54, 1.807) is 53.4 Å².